The first-order valence-electron chi connectivity index (χ1n) is 4.55. The number of ketones is 1. The van der Waals surface area contributed by atoms with Crippen molar-refractivity contribution in [2.45, 2.75) is 25.9 Å². The van der Waals surface area contributed by atoms with Crippen LogP contribution in [0.3, 0.4) is 0 Å². The molecule has 0 saturated carbocycles. The summed E-state index contributed by atoms with van der Waals surface area (Å²) in [7, 11) is 0. The zero-order chi connectivity index (χ0) is 12.2. The monoisotopic (exact) mass is 216 g/mol. The lowest BCUT2D eigenvalue weighted by Gasteiger charge is -2.20. The fourth-order valence-electron chi connectivity index (χ4n) is 1.03. The maximum atomic E-state index is 11.6. The number of hydrogen-bond acceptors (Lipinski definition) is 5. The molecule has 0 aliphatic rings. The number of Topliss-reactive ketones (excluding diaryl/α,β-unsaturated/α-hetero) is 1. The van der Waals surface area contributed by atoms with E-state index in [0.717, 1.165) is 0 Å². The highest BCUT2D eigenvalue weighted by Crippen LogP contribution is 2.09. The van der Waals surface area contributed by atoms with Crippen LogP contribution in [0.25, 0.3) is 0 Å². The number of nitrogens with two attached hydrogens (primary N) is 2. The highest BCUT2D eigenvalue weighted by Gasteiger charge is 2.34. The molecule has 0 bridgehead atoms. The van der Waals surface area contributed by atoms with Crippen molar-refractivity contribution in [2.75, 3.05) is 0 Å². The molecule has 0 spiro atoms. The number of aldehydes is 1. The van der Waals surface area contributed by atoms with Crippen LogP contribution in [0.5, 0.6) is 0 Å². The molecule has 0 amide bonds. The first-order chi connectivity index (χ1) is 6.82. The molecule has 3 atom stereocenters. The molecule has 0 aliphatic carbocycles. The van der Waals surface area contributed by atoms with Gasteiger partial charge in [-0.15, -0.1) is 0 Å². The van der Waals surface area contributed by atoms with Crippen molar-refractivity contribution in [3.63, 3.8) is 0 Å². The van der Waals surface area contributed by atoms with E-state index >= 15 is 0 Å². The van der Waals surface area contributed by atoms with Crippen LogP contribution in [-0.4, -0.2) is 35.2 Å². The van der Waals surface area contributed by atoms with E-state index in [0.29, 0.717) is 0 Å². The maximum absolute atomic E-state index is 11.6. The Balaban J connectivity index is 4.76. The van der Waals surface area contributed by atoms with Crippen molar-refractivity contribution >= 4 is 18.0 Å². The van der Waals surface area contributed by atoms with Crippen LogP contribution in [0.1, 0.15) is 13.8 Å². The summed E-state index contributed by atoms with van der Waals surface area (Å²) >= 11 is 0. The van der Waals surface area contributed by atoms with Crippen molar-refractivity contribution in [3.05, 3.63) is 0 Å². The van der Waals surface area contributed by atoms with Crippen molar-refractivity contribution < 1.29 is 19.5 Å². The van der Waals surface area contributed by atoms with Crippen molar-refractivity contribution in [2.24, 2.45) is 23.3 Å². The predicted molar refractivity (Wildman–Crippen MR) is 53.0 cm³/mol. The Morgan fingerprint density at radius 1 is 1.20 bits per heavy atom. The summed E-state index contributed by atoms with van der Waals surface area (Å²) in [5.41, 5.74) is 10.7. The van der Waals surface area contributed by atoms with Crippen molar-refractivity contribution in [1.29, 1.82) is 0 Å². The molecule has 6 heteroatoms. The van der Waals surface area contributed by atoms with Gasteiger partial charge in [0, 0.05) is 0 Å². The normalized spacial score (nSPS) is 16.9. The minimum Gasteiger partial charge on any atom is -0.480 e. The molecule has 0 heterocycles. The minimum absolute atomic E-state index is 0.166. The topological polar surface area (TPSA) is 123 Å². The molecule has 0 aliphatic heterocycles. The van der Waals surface area contributed by atoms with E-state index < -0.39 is 29.8 Å². The van der Waals surface area contributed by atoms with E-state index in [-0.39, 0.29) is 12.2 Å². The number of carbonyl (C=O) groups is 3. The molecule has 0 saturated heterocycles. The third-order valence-electron chi connectivity index (χ3n) is 2.19. The van der Waals surface area contributed by atoms with Gasteiger partial charge in [0.15, 0.2) is 5.78 Å². The van der Waals surface area contributed by atoms with E-state index in [2.05, 4.69) is 0 Å². The number of carbonyl (C=O) groups excluding carboxylic acids is 2. The Morgan fingerprint density at radius 2 is 1.67 bits per heavy atom. The van der Waals surface area contributed by atoms with Gasteiger partial charge in [0.1, 0.15) is 18.2 Å². The van der Waals surface area contributed by atoms with E-state index in [1.807, 2.05) is 0 Å². The van der Waals surface area contributed by atoms with Crippen LogP contribution in [0, 0.1) is 11.8 Å². The molecule has 5 N–H and O–H groups in total. The Hall–Kier alpha value is -1.27. The second-order valence-electron chi connectivity index (χ2n) is 3.70. The highest BCUT2D eigenvalue weighted by atomic mass is 16.4. The Morgan fingerprint density at radius 3 is 1.93 bits per heavy atom. The van der Waals surface area contributed by atoms with Gasteiger partial charge in [-0.1, -0.05) is 13.8 Å². The zero-order valence-corrected chi connectivity index (χ0v) is 8.71. The number of carboxylic acid groups (broad SMARTS) is 1. The van der Waals surface area contributed by atoms with Gasteiger partial charge in [-0.3, -0.25) is 9.59 Å². The second kappa shape index (κ2) is 5.57. The lowest BCUT2D eigenvalue weighted by atomic mass is 9.88. The average Bonchev–Trinajstić information content (AvgIpc) is 2.16. The predicted octanol–water partition coefficient (Wildman–Crippen LogP) is -1.23. The first kappa shape index (κ1) is 13.7. The molecule has 6 nitrogen and oxygen atoms in total. The minimum atomic E-state index is -1.53. The lowest BCUT2D eigenvalue weighted by Crippen LogP contribution is -2.49. The molecule has 86 valence electrons. The van der Waals surface area contributed by atoms with Gasteiger partial charge in [0.25, 0.3) is 0 Å². The molecule has 1 unspecified atom stereocenters. The third kappa shape index (κ3) is 3.41. The standard InChI is InChI=1S/C9H16N2O4/c1-4(2)6(10)8(13)5(3-12)7(11)9(14)15/h3-7H,10-11H2,1-2H3,(H,14,15)/t5-,6+,7?/m1/s1. The molecule has 0 aromatic carbocycles. The van der Waals surface area contributed by atoms with Crippen LogP contribution in [0.15, 0.2) is 0 Å². The lowest BCUT2D eigenvalue weighted by molar-refractivity contribution is -0.144. The van der Waals surface area contributed by atoms with Gasteiger partial charge in [0.05, 0.1) is 6.04 Å². The summed E-state index contributed by atoms with van der Waals surface area (Å²) in [4.78, 5) is 32.7. The molecule has 0 aromatic rings. The summed E-state index contributed by atoms with van der Waals surface area (Å²) in [5, 5.41) is 8.58. The summed E-state index contributed by atoms with van der Waals surface area (Å²) in [6, 6.07) is -2.40. The Kier molecular flexibility index (Phi) is 5.10. The van der Waals surface area contributed by atoms with E-state index in [1.54, 1.807) is 13.8 Å². The van der Waals surface area contributed by atoms with Gasteiger partial charge in [0.2, 0.25) is 0 Å². The highest BCUT2D eigenvalue weighted by molar-refractivity contribution is 6.01. The average molecular weight is 216 g/mol. The zero-order valence-electron chi connectivity index (χ0n) is 8.71. The second-order valence-corrected chi connectivity index (χ2v) is 3.70. The maximum Gasteiger partial charge on any atom is 0.321 e. The molecule has 0 rings (SSSR count). The molecular formula is C9H16N2O4. The van der Waals surface area contributed by atoms with Crippen molar-refractivity contribution in [1.82, 2.24) is 0 Å². The van der Waals surface area contributed by atoms with Gasteiger partial charge in [-0.25, -0.2) is 0 Å². The smallest absolute Gasteiger partial charge is 0.321 e. The fraction of sp³-hybridized carbons (Fsp3) is 0.667. The van der Waals surface area contributed by atoms with Gasteiger partial charge < -0.3 is 21.4 Å². The summed E-state index contributed by atoms with van der Waals surface area (Å²) in [5.74, 6) is -3.56. The van der Waals surface area contributed by atoms with Crippen LogP contribution in [0.4, 0.5) is 0 Å². The number of aliphatic carboxylic acids is 1. The molecule has 0 fully saturated rings. The van der Waals surface area contributed by atoms with Crippen LogP contribution in [-0.2, 0) is 14.4 Å². The molecular weight excluding hydrogens is 200 g/mol. The van der Waals surface area contributed by atoms with Crippen LogP contribution >= 0.6 is 0 Å². The van der Waals surface area contributed by atoms with Gasteiger partial charge in [-0.2, -0.15) is 0 Å². The van der Waals surface area contributed by atoms with E-state index in [1.165, 1.54) is 0 Å². The quantitative estimate of drug-likeness (QED) is 0.377. The van der Waals surface area contributed by atoms with Crippen LogP contribution in [0.2, 0.25) is 0 Å². The SMILES string of the molecule is CC(C)[C@H](N)C(=O)[C@H](C=O)C(N)C(=O)O. The number of rotatable bonds is 6. The summed E-state index contributed by atoms with van der Waals surface area (Å²) < 4.78 is 0. The third-order valence-corrected chi connectivity index (χ3v) is 2.19. The fourth-order valence-corrected chi connectivity index (χ4v) is 1.03. The van der Waals surface area contributed by atoms with Crippen LogP contribution < -0.4 is 11.5 Å². The number of carboxylic acids is 1. The molecule has 0 aromatic heterocycles. The van der Waals surface area contributed by atoms with Gasteiger partial charge >= 0.3 is 5.97 Å². The van der Waals surface area contributed by atoms with E-state index in [9.17, 15) is 14.4 Å². The summed E-state index contributed by atoms with van der Waals surface area (Å²) in [6.07, 6.45) is 0.239. The molecule has 0 radical (unpaired) electrons. The Bertz CT molecular complexity index is 265. The largest absolute Gasteiger partial charge is 0.480 e. The van der Waals surface area contributed by atoms with Crippen molar-refractivity contribution in [3.8, 4) is 0 Å². The number of hydrogen-bond donors (Lipinski definition) is 3. The molecule has 15 heavy (non-hydrogen) atoms. The van der Waals surface area contributed by atoms with E-state index in [4.69, 9.17) is 16.6 Å². The summed E-state index contributed by atoms with van der Waals surface area (Å²) in [6.45, 7) is 3.41. The first-order valence-corrected chi connectivity index (χ1v) is 4.55. The Labute approximate surface area is 87.6 Å². The van der Waals surface area contributed by atoms with Gasteiger partial charge in [-0.05, 0) is 5.92 Å².